The van der Waals surface area contributed by atoms with Crippen LogP contribution in [0.4, 0.5) is 5.69 Å². The summed E-state index contributed by atoms with van der Waals surface area (Å²) < 4.78 is 10.8. The lowest BCUT2D eigenvalue weighted by Crippen LogP contribution is -2.25. The summed E-state index contributed by atoms with van der Waals surface area (Å²) in [5.41, 5.74) is 0.358. The lowest BCUT2D eigenvalue weighted by atomic mass is 10.3. The van der Waals surface area contributed by atoms with E-state index >= 15 is 0 Å². The molecular formula is C11H13N3O6. The number of nitro groups is 1. The largest absolute Gasteiger partial charge is 0.463 e. The van der Waals surface area contributed by atoms with Crippen molar-refractivity contribution >= 4 is 17.6 Å². The molecule has 0 amide bonds. The van der Waals surface area contributed by atoms with Gasteiger partial charge in [-0.1, -0.05) is 0 Å². The van der Waals surface area contributed by atoms with Gasteiger partial charge in [0.05, 0.1) is 11.5 Å². The Balaban J connectivity index is 2.06. The molecule has 9 heteroatoms. The molecule has 0 bridgehead atoms. The Bertz CT molecular complexity index is 579. The van der Waals surface area contributed by atoms with Crippen molar-refractivity contribution in [2.24, 2.45) is 0 Å². The Morgan fingerprint density at radius 3 is 2.80 bits per heavy atom. The fourth-order valence-electron chi connectivity index (χ4n) is 2.01. The van der Waals surface area contributed by atoms with Gasteiger partial charge in [-0.2, -0.15) is 5.10 Å². The molecule has 0 aromatic carbocycles. The van der Waals surface area contributed by atoms with Gasteiger partial charge in [-0.05, 0) is 13.8 Å². The number of ether oxygens (including phenoxy) is 2. The maximum Gasteiger partial charge on any atom is 0.347 e. The molecule has 2 rings (SSSR count). The van der Waals surface area contributed by atoms with E-state index in [1.807, 2.05) is 0 Å². The van der Waals surface area contributed by atoms with Crippen LogP contribution < -0.4 is 0 Å². The summed E-state index contributed by atoms with van der Waals surface area (Å²) in [4.78, 5) is 33.2. The first kappa shape index (κ1) is 14.0. The van der Waals surface area contributed by atoms with E-state index in [9.17, 15) is 19.7 Å². The number of cyclic esters (lactones) is 1. The van der Waals surface area contributed by atoms with E-state index in [4.69, 9.17) is 4.74 Å². The van der Waals surface area contributed by atoms with Crippen molar-refractivity contribution in [2.45, 2.75) is 32.9 Å². The Kier molecular flexibility index (Phi) is 3.68. The average Bonchev–Trinajstić information content (AvgIpc) is 2.84. The van der Waals surface area contributed by atoms with E-state index in [0.29, 0.717) is 6.42 Å². The third-order valence-electron chi connectivity index (χ3n) is 2.97. The summed E-state index contributed by atoms with van der Waals surface area (Å²) >= 11 is 0. The Hall–Kier alpha value is -2.45. The fourth-order valence-corrected chi connectivity index (χ4v) is 2.01. The Morgan fingerprint density at radius 1 is 1.60 bits per heavy atom. The quantitative estimate of drug-likeness (QED) is 0.442. The van der Waals surface area contributed by atoms with E-state index in [0.717, 1.165) is 0 Å². The van der Waals surface area contributed by atoms with Crippen molar-refractivity contribution in [3.05, 3.63) is 21.5 Å². The molecular weight excluding hydrogens is 270 g/mol. The van der Waals surface area contributed by atoms with Crippen molar-refractivity contribution in [3.8, 4) is 0 Å². The van der Waals surface area contributed by atoms with Gasteiger partial charge in [0.1, 0.15) is 17.9 Å². The van der Waals surface area contributed by atoms with Crippen LogP contribution in [0.5, 0.6) is 0 Å². The third-order valence-corrected chi connectivity index (χ3v) is 2.97. The molecule has 1 atom stereocenters. The molecule has 0 unspecified atom stereocenters. The second-order valence-corrected chi connectivity index (χ2v) is 4.37. The highest BCUT2D eigenvalue weighted by atomic mass is 16.6. The number of rotatable bonds is 4. The van der Waals surface area contributed by atoms with E-state index in [1.54, 1.807) is 0 Å². The van der Waals surface area contributed by atoms with Gasteiger partial charge in [-0.15, -0.1) is 0 Å². The number of nitrogens with zero attached hydrogens (tertiary/aromatic N) is 3. The molecule has 20 heavy (non-hydrogen) atoms. The molecule has 1 fully saturated rings. The zero-order chi connectivity index (χ0) is 14.9. The van der Waals surface area contributed by atoms with Crippen LogP contribution in [0.2, 0.25) is 0 Å². The van der Waals surface area contributed by atoms with Gasteiger partial charge in [-0.3, -0.25) is 19.6 Å². The van der Waals surface area contributed by atoms with Crippen LogP contribution in [0, 0.1) is 24.0 Å². The van der Waals surface area contributed by atoms with Crippen molar-refractivity contribution < 1.29 is 24.0 Å². The highest BCUT2D eigenvalue weighted by Crippen LogP contribution is 2.21. The molecule has 108 valence electrons. The highest BCUT2D eigenvalue weighted by Gasteiger charge is 2.31. The predicted molar refractivity (Wildman–Crippen MR) is 63.8 cm³/mol. The second-order valence-electron chi connectivity index (χ2n) is 4.37. The molecule has 0 saturated carbocycles. The first-order valence-electron chi connectivity index (χ1n) is 5.94. The van der Waals surface area contributed by atoms with Gasteiger partial charge in [0.25, 0.3) is 0 Å². The average molecular weight is 283 g/mol. The molecule has 0 N–H and O–H groups in total. The topological polar surface area (TPSA) is 114 Å². The molecule has 1 aromatic heterocycles. The molecule has 1 saturated heterocycles. The maximum absolute atomic E-state index is 11.7. The van der Waals surface area contributed by atoms with Gasteiger partial charge < -0.3 is 9.47 Å². The van der Waals surface area contributed by atoms with Crippen LogP contribution in [0.1, 0.15) is 17.8 Å². The van der Waals surface area contributed by atoms with Crippen molar-refractivity contribution in [2.75, 3.05) is 6.61 Å². The molecule has 1 aromatic rings. The standard InChI is InChI=1S/C11H13N3O6/c1-6-10(14(17)18)7(2)13(12-6)5-9(15)20-8-3-4-19-11(8)16/h8H,3-5H2,1-2H3/t8-/m1/s1. The number of aryl methyl sites for hydroxylation is 1. The van der Waals surface area contributed by atoms with Crippen molar-refractivity contribution in [3.63, 3.8) is 0 Å². The summed E-state index contributed by atoms with van der Waals surface area (Å²) in [6, 6.07) is 0. The minimum Gasteiger partial charge on any atom is -0.463 e. The summed E-state index contributed by atoms with van der Waals surface area (Å²) in [6.45, 7) is 2.92. The Labute approximate surface area is 113 Å². The maximum atomic E-state index is 11.7. The number of hydrogen-bond donors (Lipinski definition) is 0. The summed E-state index contributed by atoms with van der Waals surface area (Å²) in [6.07, 6.45) is -0.573. The highest BCUT2D eigenvalue weighted by molar-refractivity contribution is 5.80. The minimum atomic E-state index is -0.894. The molecule has 0 aliphatic carbocycles. The first-order chi connectivity index (χ1) is 9.40. The monoisotopic (exact) mass is 283 g/mol. The summed E-state index contributed by atoms with van der Waals surface area (Å²) in [5.74, 6) is -1.26. The van der Waals surface area contributed by atoms with Crippen molar-refractivity contribution in [1.82, 2.24) is 9.78 Å². The van der Waals surface area contributed by atoms with E-state index < -0.39 is 23.0 Å². The number of carbonyl (C=O) groups is 2. The number of hydrogen-bond acceptors (Lipinski definition) is 7. The second kappa shape index (κ2) is 5.27. The fraction of sp³-hybridized carbons (Fsp3) is 0.545. The van der Waals surface area contributed by atoms with Gasteiger partial charge in [0.15, 0.2) is 0 Å². The lowest BCUT2D eigenvalue weighted by Gasteiger charge is -2.08. The van der Waals surface area contributed by atoms with E-state index in [-0.39, 0.29) is 30.2 Å². The minimum absolute atomic E-state index is 0.127. The van der Waals surface area contributed by atoms with Crippen LogP contribution in [-0.2, 0) is 25.6 Å². The summed E-state index contributed by atoms with van der Waals surface area (Å²) in [5, 5.41) is 14.8. The van der Waals surface area contributed by atoms with Crippen LogP contribution in [0.15, 0.2) is 0 Å². The molecule has 9 nitrogen and oxygen atoms in total. The zero-order valence-corrected chi connectivity index (χ0v) is 11.0. The number of esters is 2. The van der Waals surface area contributed by atoms with Gasteiger partial charge in [-0.25, -0.2) is 4.79 Å². The van der Waals surface area contributed by atoms with Crippen molar-refractivity contribution in [1.29, 1.82) is 0 Å². The number of aromatic nitrogens is 2. The summed E-state index contributed by atoms with van der Waals surface area (Å²) in [7, 11) is 0. The first-order valence-corrected chi connectivity index (χ1v) is 5.94. The SMILES string of the molecule is Cc1nn(CC(=O)O[C@@H]2CCOC2=O)c(C)c1[N+](=O)[O-]. The van der Waals surface area contributed by atoms with Crippen LogP contribution in [0.3, 0.4) is 0 Å². The molecule has 0 radical (unpaired) electrons. The van der Waals surface area contributed by atoms with Crippen LogP contribution in [-0.4, -0.2) is 39.4 Å². The van der Waals surface area contributed by atoms with Gasteiger partial charge in [0.2, 0.25) is 6.10 Å². The Morgan fingerprint density at radius 2 is 2.30 bits per heavy atom. The normalized spacial score (nSPS) is 17.9. The van der Waals surface area contributed by atoms with Crippen LogP contribution in [0.25, 0.3) is 0 Å². The molecule has 2 heterocycles. The van der Waals surface area contributed by atoms with Gasteiger partial charge in [0, 0.05) is 6.42 Å². The molecule has 1 aliphatic heterocycles. The van der Waals surface area contributed by atoms with Gasteiger partial charge >= 0.3 is 17.6 Å². The van der Waals surface area contributed by atoms with E-state index in [1.165, 1.54) is 18.5 Å². The lowest BCUT2D eigenvalue weighted by molar-refractivity contribution is -0.386. The van der Waals surface area contributed by atoms with Crippen LogP contribution >= 0.6 is 0 Å². The predicted octanol–water partition coefficient (Wildman–Crippen LogP) is 0.267. The smallest absolute Gasteiger partial charge is 0.347 e. The van der Waals surface area contributed by atoms with E-state index in [2.05, 4.69) is 9.84 Å². The zero-order valence-electron chi connectivity index (χ0n) is 11.0. The molecule has 1 aliphatic rings. The molecule has 0 spiro atoms. The third kappa shape index (κ3) is 2.60. The number of carbonyl (C=O) groups excluding carboxylic acids is 2.